The van der Waals surface area contributed by atoms with Gasteiger partial charge >= 0.3 is 0 Å². The number of nitrogens with one attached hydrogen (secondary N) is 3. The summed E-state index contributed by atoms with van der Waals surface area (Å²) in [6.45, 7) is 4.76. The van der Waals surface area contributed by atoms with Crippen LogP contribution >= 0.6 is 11.8 Å². The fraction of sp³-hybridized carbons (Fsp3) is 0.389. The molecule has 1 aliphatic rings. The van der Waals surface area contributed by atoms with Crippen molar-refractivity contribution in [2.24, 2.45) is 5.92 Å². The highest BCUT2D eigenvalue weighted by atomic mass is 32.2. The minimum absolute atomic E-state index is 0.00350. The van der Waals surface area contributed by atoms with Crippen molar-refractivity contribution in [1.29, 1.82) is 0 Å². The highest BCUT2D eigenvalue weighted by molar-refractivity contribution is 7.99. The Hall–Kier alpha value is -4.03. The lowest BCUT2D eigenvalue weighted by Gasteiger charge is -2.41. The Kier molecular flexibility index (Phi) is 12.6. The quantitative estimate of drug-likeness (QED) is 0.0922. The summed E-state index contributed by atoms with van der Waals surface area (Å²) in [4.78, 5) is 27.6. The number of hydrogen-bond acceptors (Lipinski definition) is 8. The van der Waals surface area contributed by atoms with Gasteiger partial charge in [0.05, 0.1) is 18.8 Å². The van der Waals surface area contributed by atoms with Crippen LogP contribution in [0, 0.1) is 5.92 Å². The number of hydrogen-bond donors (Lipinski definition) is 4. The molecule has 2 amide bonds. The highest BCUT2D eigenvalue weighted by Gasteiger charge is 2.38. The molecule has 10 nitrogen and oxygen atoms in total. The van der Waals surface area contributed by atoms with Crippen LogP contribution in [0.5, 0.6) is 0 Å². The van der Waals surface area contributed by atoms with E-state index in [1.807, 2.05) is 48.5 Å². The number of aliphatic hydroxyl groups is 1. The third-order valence-corrected chi connectivity index (χ3v) is 9.25. The molecule has 47 heavy (non-hydrogen) atoms. The number of nitrogens with zero attached hydrogens (tertiary/aromatic N) is 2. The average Bonchev–Trinajstić information content (AvgIpc) is 3.62. The first-order valence-corrected chi connectivity index (χ1v) is 17.1. The summed E-state index contributed by atoms with van der Waals surface area (Å²) in [6.07, 6.45) is 3.67. The third kappa shape index (κ3) is 9.98. The Morgan fingerprint density at radius 1 is 0.915 bits per heavy atom. The summed E-state index contributed by atoms with van der Waals surface area (Å²) < 4.78 is 13.2. The molecular formula is C36H43N5O5S. The molecule has 0 unspecified atom stereocenters. The lowest BCUT2D eigenvalue weighted by Crippen LogP contribution is -2.38. The molecule has 0 bridgehead atoms. The van der Waals surface area contributed by atoms with Crippen LogP contribution in [-0.4, -0.2) is 50.5 Å². The van der Waals surface area contributed by atoms with Crippen LogP contribution in [0.25, 0.3) is 11.1 Å². The SMILES string of the molecule is CC(=O)NCCCCCC(=O)NCc1cccc(-c2ccc([C@@H]3O[C@H](CSc4ncn[nH]4)[C@H](C)[C@H](c4ccc(CO)cc4)O3)cc2)c1. The number of carbonyl (C=O) groups is 2. The zero-order valence-corrected chi connectivity index (χ0v) is 27.7. The molecular weight excluding hydrogens is 614 g/mol. The van der Waals surface area contributed by atoms with Crippen LogP contribution < -0.4 is 10.6 Å². The van der Waals surface area contributed by atoms with Crippen molar-refractivity contribution in [1.82, 2.24) is 25.8 Å². The first-order chi connectivity index (χ1) is 22.9. The number of amides is 2. The number of aromatic nitrogens is 3. The molecule has 1 aliphatic heterocycles. The fourth-order valence-electron chi connectivity index (χ4n) is 5.57. The summed E-state index contributed by atoms with van der Waals surface area (Å²) in [5.41, 5.74) is 5.96. The molecule has 0 aliphatic carbocycles. The van der Waals surface area contributed by atoms with Crippen LogP contribution in [0.1, 0.15) is 74.2 Å². The number of rotatable bonds is 15. The van der Waals surface area contributed by atoms with Gasteiger partial charge in [-0.2, -0.15) is 5.10 Å². The molecule has 1 fully saturated rings. The molecule has 0 saturated carbocycles. The van der Waals surface area contributed by atoms with Crippen molar-refractivity contribution in [3.8, 4) is 11.1 Å². The molecule has 11 heteroatoms. The van der Waals surface area contributed by atoms with Gasteiger partial charge in [-0.25, -0.2) is 4.98 Å². The van der Waals surface area contributed by atoms with Gasteiger partial charge in [-0.15, -0.1) is 0 Å². The topological polar surface area (TPSA) is 138 Å². The first kappa shape index (κ1) is 34.3. The zero-order valence-electron chi connectivity index (χ0n) is 26.9. The predicted octanol–water partition coefficient (Wildman–Crippen LogP) is 5.86. The molecule has 4 N–H and O–H groups in total. The maximum Gasteiger partial charge on any atom is 0.220 e. The van der Waals surface area contributed by atoms with Gasteiger partial charge in [0, 0.05) is 43.7 Å². The summed E-state index contributed by atoms with van der Waals surface area (Å²) in [5, 5.41) is 22.9. The second kappa shape index (κ2) is 17.2. The van der Waals surface area contributed by atoms with Crippen LogP contribution in [0.15, 0.2) is 84.3 Å². The molecule has 1 aromatic heterocycles. The summed E-state index contributed by atoms with van der Waals surface area (Å²) in [5.74, 6) is 0.754. The molecule has 0 spiro atoms. The van der Waals surface area contributed by atoms with E-state index in [2.05, 4.69) is 57.0 Å². The van der Waals surface area contributed by atoms with E-state index in [-0.39, 0.29) is 36.5 Å². The van der Waals surface area contributed by atoms with Crippen LogP contribution in [0.2, 0.25) is 0 Å². The van der Waals surface area contributed by atoms with Gasteiger partial charge in [0.1, 0.15) is 6.33 Å². The smallest absolute Gasteiger partial charge is 0.220 e. The number of aromatic amines is 1. The monoisotopic (exact) mass is 657 g/mol. The Morgan fingerprint density at radius 2 is 1.70 bits per heavy atom. The van der Waals surface area contributed by atoms with E-state index < -0.39 is 6.29 Å². The summed E-state index contributed by atoms with van der Waals surface area (Å²) in [7, 11) is 0. The second-order valence-electron chi connectivity index (χ2n) is 11.8. The minimum atomic E-state index is -0.560. The molecule has 1 saturated heterocycles. The van der Waals surface area contributed by atoms with Crippen molar-refractivity contribution >= 4 is 23.6 Å². The van der Waals surface area contributed by atoms with E-state index in [0.29, 0.717) is 25.3 Å². The van der Waals surface area contributed by atoms with Gasteiger partial charge < -0.3 is 25.2 Å². The number of unbranched alkanes of at least 4 members (excludes halogenated alkanes) is 2. The van der Waals surface area contributed by atoms with E-state index in [1.54, 1.807) is 11.8 Å². The standard InChI is InChI=1S/C36H43N5O5S/c1-24-32(22-47-36-39-23-40-41-36)45-35(46-34(24)29-12-10-26(21-42)11-13-29)30-16-14-28(15-17-30)31-8-6-7-27(19-31)20-38-33(44)9-4-3-5-18-37-25(2)43/h6-8,10-17,19,23-24,32,34-35,42H,3-5,9,18,20-22H2,1-2H3,(H,37,43)(H,38,44)(H,39,40,41)/t24-,32+,34+,35+/m0/s1. The van der Waals surface area contributed by atoms with Gasteiger partial charge in [0.15, 0.2) is 11.4 Å². The van der Waals surface area contributed by atoms with E-state index >= 15 is 0 Å². The Labute approximate surface area is 280 Å². The van der Waals surface area contributed by atoms with Crippen molar-refractivity contribution in [2.75, 3.05) is 12.3 Å². The van der Waals surface area contributed by atoms with Gasteiger partial charge in [-0.1, -0.05) is 91.8 Å². The van der Waals surface area contributed by atoms with Gasteiger partial charge in [-0.05, 0) is 46.7 Å². The maximum atomic E-state index is 12.4. The highest BCUT2D eigenvalue weighted by Crippen LogP contribution is 2.43. The molecule has 3 aromatic carbocycles. The second-order valence-corrected chi connectivity index (χ2v) is 12.8. The average molecular weight is 658 g/mol. The summed E-state index contributed by atoms with van der Waals surface area (Å²) >= 11 is 1.57. The van der Waals surface area contributed by atoms with Gasteiger partial charge in [0.25, 0.3) is 0 Å². The van der Waals surface area contributed by atoms with Gasteiger partial charge in [-0.3, -0.25) is 14.7 Å². The summed E-state index contributed by atoms with van der Waals surface area (Å²) in [6, 6.07) is 24.3. The molecule has 2 heterocycles. The first-order valence-electron chi connectivity index (χ1n) is 16.1. The lowest BCUT2D eigenvalue weighted by molar-refractivity contribution is -0.268. The number of aliphatic hydroxyl groups excluding tert-OH is 1. The van der Waals surface area contributed by atoms with E-state index in [1.165, 1.54) is 13.3 Å². The maximum absolute atomic E-state index is 12.4. The number of benzene rings is 3. The van der Waals surface area contributed by atoms with Crippen molar-refractivity contribution in [2.45, 2.75) is 76.3 Å². The Balaban J connectivity index is 1.21. The lowest BCUT2D eigenvalue weighted by atomic mass is 9.91. The molecule has 4 aromatic rings. The number of carbonyl (C=O) groups excluding carboxylic acids is 2. The van der Waals surface area contributed by atoms with E-state index in [4.69, 9.17) is 9.47 Å². The van der Waals surface area contributed by atoms with E-state index in [9.17, 15) is 14.7 Å². The Bertz CT molecular complexity index is 1570. The third-order valence-electron chi connectivity index (χ3n) is 8.29. The predicted molar refractivity (Wildman–Crippen MR) is 181 cm³/mol. The van der Waals surface area contributed by atoms with E-state index in [0.717, 1.165) is 57.8 Å². The normalized spacial score (nSPS) is 19.3. The van der Waals surface area contributed by atoms with Crippen LogP contribution in [0.3, 0.4) is 0 Å². The number of H-pyrrole nitrogens is 1. The Morgan fingerprint density at radius 3 is 2.43 bits per heavy atom. The number of ether oxygens (including phenoxy) is 2. The van der Waals surface area contributed by atoms with Gasteiger partial charge in [0.2, 0.25) is 11.8 Å². The fourth-order valence-corrected chi connectivity index (χ4v) is 6.51. The molecule has 248 valence electrons. The van der Waals surface area contributed by atoms with Crippen molar-refractivity contribution in [3.63, 3.8) is 0 Å². The van der Waals surface area contributed by atoms with Crippen molar-refractivity contribution < 1.29 is 24.2 Å². The molecule has 0 radical (unpaired) electrons. The van der Waals surface area contributed by atoms with Crippen LogP contribution in [-0.2, 0) is 32.2 Å². The number of thioether (sulfide) groups is 1. The zero-order chi connectivity index (χ0) is 33.0. The minimum Gasteiger partial charge on any atom is -0.392 e. The largest absolute Gasteiger partial charge is 0.392 e. The van der Waals surface area contributed by atoms with Crippen LogP contribution in [0.4, 0.5) is 0 Å². The molecule has 5 rings (SSSR count). The van der Waals surface area contributed by atoms with Crippen molar-refractivity contribution in [3.05, 3.63) is 101 Å². The molecule has 4 atom stereocenters.